The Balaban J connectivity index is 4.71. The summed E-state index contributed by atoms with van der Waals surface area (Å²) in [5, 5.41) is 25.5. The van der Waals surface area contributed by atoms with E-state index in [9.17, 15) is 24.3 Å². The molecule has 172 valence electrons. The number of guanidine groups is 1. The summed E-state index contributed by atoms with van der Waals surface area (Å²) in [6, 6.07) is -4.51. The van der Waals surface area contributed by atoms with Gasteiger partial charge in [-0.25, -0.2) is 4.79 Å². The van der Waals surface area contributed by atoms with Crippen LogP contribution < -0.4 is 33.2 Å². The van der Waals surface area contributed by atoms with Crippen LogP contribution in [-0.2, 0) is 19.2 Å². The standard InChI is InChI=1S/C17H33N7O6/c1-8(2)12(16(29)30)24-13(26)9(3)22-15(28)11(7-25)23-14(27)10(18)5-4-6-21-17(19)20/h8-12,25H,4-7,18H2,1-3H3,(H,22,28)(H,23,27)(H,24,26)(H,29,30)(H4,19,20,21). The largest absolute Gasteiger partial charge is 0.480 e. The summed E-state index contributed by atoms with van der Waals surface area (Å²) >= 11 is 0. The van der Waals surface area contributed by atoms with Crippen LogP contribution in [0.25, 0.3) is 0 Å². The third kappa shape index (κ3) is 10.0. The molecule has 0 aliphatic rings. The van der Waals surface area contributed by atoms with Gasteiger partial charge in [-0.15, -0.1) is 0 Å². The van der Waals surface area contributed by atoms with Crippen molar-refractivity contribution in [1.82, 2.24) is 16.0 Å². The van der Waals surface area contributed by atoms with Gasteiger partial charge in [-0.05, 0) is 25.7 Å². The predicted molar refractivity (Wildman–Crippen MR) is 109 cm³/mol. The molecule has 0 saturated heterocycles. The molecule has 0 saturated carbocycles. The maximum absolute atomic E-state index is 12.3. The van der Waals surface area contributed by atoms with Crippen LogP contribution >= 0.6 is 0 Å². The topological polar surface area (TPSA) is 235 Å². The van der Waals surface area contributed by atoms with Gasteiger partial charge in [-0.1, -0.05) is 13.8 Å². The van der Waals surface area contributed by atoms with Gasteiger partial charge in [0, 0.05) is 6.54 Å². The number of nitrogens with zero attached hydrogens (tertiary/aromatic N) is 1. The van der Waals surface area contributed by atoms with Crippen molar-refractivity contribution < 1.29 is 29.4 Å². The molecule has 0 aromatic carbocycles. The van der Waals surface area contributed by atoms with E-state index in [1.54, 1.807) is 13.8 Å². The summed E-state index contributed by atoms with van der Waals surface area (Å²) in [7, 11) is 0. The first-order valence-corrected chi connectivity index (χ1v) is 9.46. The second-order valence-electron chi connectivity index (χ2n) is 7.10. The maximum Gasteiger partial charge on any atom is 0.326 e. The van der Waals surface area contributed by atoms with Gasteiger partial charge in [0.2, 0.25) is 17.7 Å². The number of hydrogen-bond acceptors (Lipinski definition) is 7. The van der Waals surface area contributed by atoms with E-state index < -0.39 is 54.5 Å². The zero-order chi connectivity index (χ0) is 23.4. The Hall–Kier alpha value is -2.93. The quantitative estimate of drug-likeness (QED) is 0.0821. The fraction of sp³-hybridized carbons (Fsp3) is 0.706. The number of carbonyl (C=O) groups excluding carboxylic acids is 3. The van der Waals surface area contributed by atoms with Crippen molar-refractivity contribution in [3.05, 3.63) is 0 Å². The van der Waals surface area contributed by atoms with Gasteiger partial charge in [0.25, 0.3) is 0 Å². The molecule has 0 rings (SSSR count). The van der Waals surface area contributed by atoms with E-state index in [0.717, 1.165) is 0 Å². The normalized spacial score (nSPS) is 14.7. The Bertz CT molecular complexity index is 636. The molecule has 0 aliphatic heterocycles. The first-order chi connectivity index (χ1) is 13.9. The second kappa shape index (κ2) is 13.3. The number of nitrogens with one attached hydrogen (secondary N) is 3. The van der Waals surface area contributed by atoms with Crippen molar-refractivity contribution in [2.75, 3.05) is 13.2 Å². The van der Waals surface area contributed by atoms with E-state index in [-0.39, 0.29) is 24.8 Å². The zero-order valence-electron chi connectivity index (χ0n) is 17.4. The van der Waals surface area contributed by atoms with Crippen LogP contribution in [0.2, 0.25) is 0 Å². The van der Waals surface area contributed by atoms with E-state index in [4.69, 9.17) is 22.3 Å². The lowest BCUT2D eigenvalue weighted by Crippen LogP contribution is -2.57. The highest BCUT2D eigenvalue weighted by molar-refractivity contribution is 5.94. The van der Waals surface area contributed by atoms with E-state index in [0.29, 0.717) is 6.42 Å². The highest BCUT2D eigenvalue weighted by Crippen LogP contribution is 2.02. The third-order valence-electron chi connectivity index (χ3n) is 4.10. The molecular formula is C17H33N7O6. The number of nitrogens with two attached hydrogens (primary N) is 3. The number of hydrogen-bond donors (Lipinski definition) is 8. The highest BCUT2D eigenvalue weighted by atomic mass is 16.4. The molecule has 13 heteroatoms. The van der Waals surface area contributed by atoms with Crippen molar-refractivity contribution in [2.45, 2.75) is 57.8 Å². The van der Waals surface area contributed by atoms with Gasteiger partial charge in [-0.3, -0.25) is 19.4 Å². The number of carboxylic acids is 1. The number of aliphatic hydroxyl groups is 1. The van der Waals surface area contributed by atoms with Crippen LogP contribution in [0.3, 0.4) is 0 Å². The summed E-state index contributed by atoms with van der Waals surface area (Å²) < 4.78 is 0. The van der Waals surface area contributed by atoms with E-state index >= 15 is 0 Å². The van der Waals surface area contributed by atoms with Gasteiger partial charge in [0.05, 0.1) is 12.6 Å². The monoisotopic (exact) mass is 431 g/mol. The van der Waals surface area contributed by atoms with Crippen LogP contribution in [0.15, 0.2) is 4.99 Å². The van der Waals surface area contributed by atoms with E-state index in [1.807, 2.05) is 0 Å². The summed E-state index contributed by atoms with van der Waals surface area (Å²) in [6.07, 6.45) is 0.674. The van der Waals surface area contributed by atoms with Crippen molar-refractivity contribution in [3.8, 4) is 0 Å². The molecule has 13 nitrogen and oxygen atoms in total. The average molecular weight is 431 g/mol. The van der Waals surface area contributed by atoms with Crippen molar-refractivity contribution in [1.29, 1.82) is 0 Å². The van der Waals surface area contributed by atoms with Crippen LogP contribution in [0, 0.1) is 5.92 Å². The SMILES string of the molecule is CC(NC(=O)C(CO)NC(=O)C(N)CCCN=C(N)N)C(=O)NC(C(=O)O)C(C)C. The first kappa shape index (κ1) is 27.1. The molecule has 0 aromatic rings. The number of aliphatic hydroxyl groups excluding tert-OH is 1. The molecule has 0 aliphatic carbocycles. The minimum absolute atomic E-state index is 0.0775. The van der Waals surface area contributed by atoms with Gasteiger partial charge in [0.15, 0.2) is 5.96 Å². The summed E-state index contributed by atoms with van der Waals surface area (Å²) in [5.41, 5.74) is 16.1. The molecule has 0 spiro atoms. The molecule has 30 heavy (non-hydrogen) atoms. The molecule has 0 aromatic heterocycles. The third-order valence-corrected chi connectivity index (χ3v) is 4.10. The lowest BCUT2D eigenvalue weighted by Gasteiger charge is -2.23. The fourth-order valence-electron chi connectivity index (χ4n) is 2.29. The number of carboxylic acid groups (broad SMARTS) is 1. The van der Waals surface area contributed by atoms with Gasteiger partial charge in [-0.2, -0.15) is 0 Å². The van der Waals surface area contributed by atoms with Crippen molar-refractivity contribution in [3.63, 3.8) is 0 Å². The fourth-order valence-corrected chi connectivity index (χ4v) is 2.29. The molecule has 4 unspecified atom stereocenters. The molecule has 0 fully saturated rings. The number of aliphatic carboxylic acids is 1. The Morgan fingerprint density at radius 3 is 2.03 bits per heavy atom. The molecule has 4 atom stereocenters. The molecular weight excluding hydrogens is 398 g/mol. The number of carbonyl (C=O) groups is 4. The Labute approximate surface area is 174 Å². The Morgan fingerprint density at radius 2 is 1.57 bits per heavy atom. The predicted octanol–water partition coefficient (Wildman–Crippen LogP) is -3.43. The summed E-state index contributed by atoms with van der Waals surface area (Å²) in [6.45, 7) is 4.16. The Morgan fingerprint density at radius 1 is 0.967 bits per heavy atom. The molecule has 11 N–H and O–H groups in total. The highest BCUT2D eigenvalue weighted by Gasteiger charge is 2.29. The minimum atomic E-state index is -1.34. The lowest BCUT2D eigenvalue weighted by atomic mass is 10.0. The summed E-state index contributed by atoms with van der Waals surface area (Å²) in [4.78, 5) is 51.4. The maximum atomic E-state index is 12.3. The van der Waals surface area contributed by atoms with Crippen molar-refractivity contribution >= 4 is 29.7 Å². The lowest BCUT2D eigenvalue weighted by molar-refractivity contribution is -0.143. The number of aliphatic imine (C=N–C) groups is 1. The molecule has 0 bridgehead atoms. The van der Waals surface area contributed by atoms with Gasteiger partial charge >= 0.3 is 5.97 Å². The average Bonchev–Trinajstić information content (AvgIpc) is 2.65. The number of rotatable bonds is 13. The van der Waals surface area contributed by atoms with Crippen LogP contribution in [0.1, 0.15) is 33.6 Å². The minimum Gasteiger partial charge on any atom is -0.480 e. The number of amides is 3. The van der Waals surface area contributed by atoms with Crippen LogP contribution in [0.4, 0.5) is 0 Å². The molecule has 0 radical (unpaired) electrons. The smallest absolute Gasteiger partial charge is 0.326 e. The Kier molecular flexibility index (Phi) is 12.0. The molecule has 0 heterocycles. The van der Waals surface area contributed by atoms with Crippen molar-refractivity contribution in [2.24, 2.45) is 28.1 Å². The molecule has 3 amide bonds. The van der Waals surface area contributed by atoms with E-state index in [1.165, 1.54) is 6.92 Å². The van der Waals surface area contributed by atoms with Crippen LogP contribution in [-0.4, -0.2) is 77.2 Å². The summed E-state index contributed by atoms with van der Waals surface area (Å²) in [5.74, 6) is -3.86. The van der Waals surface area contributed by atoms with Gasteiger partial charge in [0.1, 0.15) is 18.1 Å². The van der Waals surface area contributed by atoms with E-state index in [2.05, 4.69) is 20.9 Å². The first-order valence-electron chi connectivity index (χ1n) is 9.46. The zero-order valence-corrected chi connectivity index (χ0v) is 17.4. The van der Waals surface area contributed by atoms with Crippen LogP contribution in [0.5, 0.6) is 0 Å². The van der Waals surface area contributed by atoms with Gasteiger partial charge < -0.3 is 43.4 Å². The second-order valence-corrected chi connectivity index (χ2v) is 7.10.